The van der Waals surface area contributed by atoms with Crippen LogP contribution in [0.25, 0.3) is 16.5 Å². The van der Waals surface area contributed by atoms with Gasteiger partial charge in [-0.15, -0.1) is 0 Å². The second-order valence-corrected chi connectivity index (χ2v) is 8.54. The molecule has 184 valence electrons. The van der Waals surface area contributed by atoms with E-state index in [9.17, 15) is 30.1 Å². The van der Waals surface area contributed by atoms with Gasteiger partial charge < -0.3 is 5.11 Å². The number of nitrogens with one attached hydrogen (secondary N) is 1. The number of phenols is 1. The van der Waals surface area contributed by atoms with E-state index in [0.29, 0.717) is 16.8 Å². The van der Waals surface area contributed by atoms with Crippen molar-refractivity contribution >= 4 is 22.1 Å². The monoisotopic (exact) mass is 496 g/mol. The number of fused-ring (bicyclic) bond motifs is 1. The lowest BCUT2D eigenvalue weighted by Gasteiger charge is -2.20. The van der Waals surface area contributed by atoms with Gasteiger partial charge in [0.05, 0.1) is 33.1 Å². The highest BCUT2D eigenvalue weighted by Crippen LogP contribution is 2.44. The van der Waals surface area contributed by atoms with Crippen molar-refractivity contribution in [3.8, 4) is 11.4 Å². The number of phenolic OH excluding ortho intramolecular Hbond substituents is 1. The highest BCUT2D eigenvalue weighted by atomic mass is 16.6. The summed E-state index contributed by atoms with van der Waals surface area (Å²) in [4.78, 5) is 35.9. The zero-order valence-corrected chi connectivity index (χ0v) is 19.5. The number of aryl methyl sites for hydroxylation is 1. The topological polar surface area (TPSA) is 144 Å². The van der Waals surface area contributed by atoms with Crippen LogP contribution in [0.4, 0.5) is 11.4 Å². The summed E-state index contributed by atoms with van der Waals surface area (Å²) in [6.07, 6.45) is 0. The molecule has 0 radical (unpaired) electrons. The van der Waals surface area contributed by atoms with E-state index in [1.807, 2.05) is 18.2 Å². The summed E-state index contributed by atoms with van der Waals surface area (Å²) in [5.41, 5.74) is 0.0404. The molecule has 0 saturated carbocycles. The number of hydrogen-bond acceptors (Lipinski definition) is 6. The van der Waals surface area contributed by atoms with Crippen LogP contribution in [0, 0.1) is 27.2 Å². The fraction of sp³-hybridized carbons (Fsp3) is 0.0741. The first-order valence-corrected chi connectivity index (χ1v) is 11.3. The van der Waals surface area contributed by atoms with Crippen LogP contribution in [0.5, 0.6) is 5.75 Å². The predicted molar refractivity (Wildman–Crippen MR) is 137 cm³/mol. The van der Waals surface area contributed by atoms with E-state index in [1.165, 1.54) is 16.8 Å². The predicted octanol–water partition coefficient (Wildman–Crippen LogP) is 5.33. The molecule has 5 rings (SSSR count). The fourth-order valence-corrected chi connectivity index (χ4v) is 4.75. The molecule has 10 nitrogen and oxygen atoms in total. The summed E-state index contributed by atoms with van der Waals surface area (Å²) in [5, 5.41) is 39.0. The van der Waals surface area contributed by atoms with Crippen LogP contribution in [-0.2, 0) is 0 Å². The number of non-ortho nitro benzene ring substituents is 1. The Morgan fingerprint density at radius 2 is 1.57 bits per heavy atom. The van der Waals surface area contributed by atoms with Crippen LogP contribution in [0.15, 0.2) is 89.7 Å². The molecule has 1 heterocycles. The Morgan fingerprint density at radius 1 is 0.865 bits per heavy atom. The van der Waals surface area contributed by atoms with Gasteiger partial charge in [-0.25, -0.2) is 4.68 Å². The van der Waals surface area contributed by atoms with Gasteiger partial charge >= 0.3 is 0 Å². The Hall–Kier alpha value is -5.25. The van der Waals surface area contributed by atoms with E-state index in [2.05, 4.69) is 5.10 Å². The number of para-hydroxylation sites is 1. The lowest BCUT2D eigenvalue weighted by Crippen LogP contribution is -2.21. The average molecular weight is 496 g/mol. The van der Waals surface area contributed by atoms with Gasteiger partial charge in [-0.2, -0.15) is 0 Å². The Bertz CT molecular complexity index is 1740. The Kier molecular flexibility index (Phi) is 5.76. The van der Waals surface area contributed by atoms with Crippen LogP contribution >= 0.6 is 0 Å². The summed E-state index contributed by atoms with van der Waals surface area (Å²) in [7, 11) is 0. The van der Waals surface area contributed by atoms with E-state index in [1.54, 1.807) is 49.4 Å². The Labute approximate surface area is 209 Å². The van der Waals surface area contributed by atoms with E-state index in [4.69, 9.17) is 0 Å². The van der Waals surface area contributed by atoms with Crippen LogP contribution in [0.2, 0.25) is 0 Å². The molecule has 2 N–H and O–H groups in total. The van der Waals surface area contributed by atoms with E-state index in [0.717, 1.165) is 17.5 Å². The van der Waals surface area contributed by atoms with Crippen LogP contribution in [0.1, 0.15) is 28.3 Å². The summed E-state index contributed by atoms with van der Waals surface area (Å²) in [6, 6.07) is 22.5. The van der Waals surface area contributed by atoms with Crippen molar-refractivity contribution in [2.75, 3.05) is 0 Å². The molecule has 1 atom stereocenters. The van der Waals surface area contributed by atoms with Gasteiger partial charge in [0.15, 0.2) is 0 Å². The number of aromatic hydroxyl groups is 1. The van der Waals surface area contributed by atoms with Gasteiger partial charge in [-0.05, 0) is 42.0 Å². The number of hydrogen-bond donors (Lipinski definition) is 2. The molecular formula is C27H20N4O6. The van der Waals surface area contributed by atoms with Gasteiger partial charge in [0.2, 0.25) is 0 Å². The third kappa shape index (κ3) is 4.00. The minimum atomic E-state index is -1.11. The SMILES string of the molecule is Cc1[nH]n(-c2ccccc2)c(=O)c1C(c1ccc([N+](=O)[O-])cc1[N+](=O)[O-])c1c(O)ccc2ccccc12. The van der Waals surface area contributed by atoms with Gasteiger partial charge in [0.1, 0.15) is 5.75 Å². The Morgan fingerprint density at radius 3 is 2.27 bits per heavy atom. The van der Waals surface area contributed by atoms with Crippen molar-refractivity contribution in [2.45, 2.75) is 12.8 Å². The summed E-state index contributed by atoms with van der Waals surface area (Å²) >= 11 is 0. The van der Waals surface area contributed by atoms with Crippen LogP contribution < -0.4 is 5.56 Å². The van der Waals surface area contributed by atoms with Crippen LogP contribution in [-0.4, -0.2) is 24.7 Å². The molecule has 0 aliphatic rings. The molecule has 0 amide bonds. The normalized spacial score (nSPS) is 11.9. The zero-order valence-electron chi connectivity index (χ0n) is 19.5. The molecule has 4 aromatic carbocycles. The number of aromatic amines is 1. The van der Waals surface area contributed by atoms with Crippen molar-refractivity contribution in [3.63, 3.8) is 0 Å². The van der Waals surface area contributed by atoms with Crippen molar-refractivity contribution in [1.29, 1.82) is 0 Å². The third-order valence-electron chi connectivity index (χ3n) is 6.39. The van der Waals surface area contributed by atoms with E-state index >= 15 is 0 Å². The van der Waals surface area contributed by atoms with Crippen molar-refractivity contribution in [3.05, 3.63) is 138 Å². The largest absolute Gasteiger partial charge is 0.508 e. The second-order valence-electron chi connectivity index (χ2n) is 8.54. The minimum absolute atomic E-state index is 0.0432. The van der Waals surface area contributed by atoms with Gasteiger partial charge in [0, 0.05) is 22.9 Å². The zero-order chi connectivity index (χ0) is 26.3. The molecule has 5 aromatic rings. The van der Waals surface area contributed by atoms with E-state index in [-0.39, 0.29) is 22.4 Å². The van der Waals surface area contributed by atoms with Gasteiger partial charge in [0.25, 0.3) is 16.9 Å². The van der Waals surface area contributed by atoms with Gasteiger partial charge in [-0.3, -0.25) is 30.1 Å². The van der Waals surface area contributed by atoms with Gasteiger partial charge in [-0.1, -0.05) is 48.5 Å². The smallest absolute Gasteiger partial charge is 0.280 e. The molecule has 37 heavy (non-hydrogen) atoms. The molecule has 0 saturated heterocycles. The highest BCUT2D eigenvalue weighted by Gasteiger charge is 2.34. The lowest BCUT2D eigenvalue weighted by atomic mass is 9.81. The molecular weight excluding hydrogens is 476 g/mol. The minimum Gasteiger partial charge on any atom is -0.508 e. The Balaban J connectivity index is 1.89. The molecule has 1 unspecified atom stereocenters. The molecule has 0 aliphatic heterocycles. The molecule has 0 bridgehead atoms. The fourth-order valence-electron chi connectivity index (χ4n) is 4.75. The van der Waals surface area contributed by atoms with Crippen molar-refractivity contribution in [2.24, 2.45) is 0 Å². The summed E-state index contributed by atoms with van der Waals surface area (Å²) in [5.74, 6) is -1.27. The number of rotatable bonds is 6. The average Bonchev–Trinajstić information content (AvgIpc) is 3.19. The first-order valence-electron chi connectivity index (χ1n) is 11.3. The van der Waals surface area contributed by atoms with Crippen LogP contribution in [0.3, 0.4) is 0 Å². The maximum Gasteiger partial charge on any atom is 0.280 e. The molecule has 10 heteroatoms. The summed E-state index contributed by atoms with van der Waals surface area (Å²) < 4.78 is 1.33. The molecule has 1 aromatic heterocycles. The quantitative estimate of drug-likeness (QED) is 0.240. The summed E-state index contributed by atoms with van der Waals surface area (Å²) in [6.45, 7) is 1.67. The molecule has 0 aliphatic carbocycles. The van der Waals surface area contributed by atoms with Crippen molar-refractivity contribution < 1.29 is 15.0 Å². The number of nitro groups is 2. The maximum atomic E-state index is 13.9. The molecule has 0 fully saturated rings. The highest BCUT2D eigenvalue weighted by molar-refractivity contribution is 5.89. The molecule has 0 spiro atoms. The number of nitro benzene ring substituents is 2. The van der Waals surface area contributed by atoms with E-state index < -0.39 is 32.7 Å². The maximum absolute atomic E-state index is 13.9. The van der Waals surface area contributed by atoms with Crippen molar-refractivity contribution in [1.82, 2.24) is 9.78 Å². The number of H-pyrrole nitrogens is 1. The standard InChI is InChI=1S/C27H20N4O6/c1-16-24(27(33)29(28-16)18-8-3-2-4-9-18)26(21-13-12-19(30(34)35)15-22(21)31(36)37)25-20-10-6-5-7-17(20)11-14-23(25)32/h2-15,26,28,32H,1H3. The number of nitrogens with zero attached hydrogens (tertiary/aromatic N) is 3. The number of benzene rings is 4. The third-order valence-corrected chi connectivity index (χ3v) is 6.39. The lowest BCUT2D eigenvalue weighted by molar-refractivity contribution is -0.394. The first kappa shape index (κ1) is 23.5. The number of aromatic nitrogens is 2. The first-order chi connectivity index (χ1) is 17.8. The second kappa shape index (κ2) is 9.08.